The van der Waals surface area contributed by atoms with Crippen molar-refractivity contribution in [3.8, 4) is 0 Å². The zero-order valence-corrected chi connectivity index (χ0v) is 21.9. The lowest BCUT2D eigenvalue weighted by Gasteiger charge is -2.33. The number of amides is 2. The maximum atomic E-state index is 14.1. The molecule has 0 radical (unpaired) electrons. The Kier molecular flexibility index (Phi) is 5.67. The van der Waals surface area contributed by atoms with Crippen molar-refractivity contribution < 1.29 is 18.0 Å². The lowest BCUT2D eigenvalue weighted by molar-refractivity contribution is -0.119. The summed E-state index contributed by atoms with van der Waals surface area (Å²) in [6, 6.07) is 22.7. The number of rotatable bonds is 4. The highest BCUT2D eigenvalue weighted by atomic mass is 35.5. The lowest BCUT2D eigenvalue weighted by Crippen LogP contribution is -2.50. The average molecular weight is 536 g/mol. The molecule has 37 heavy (non-hydrogen) atoms. The molecule has 0 unspecified atom stereocenters. The van der Waals surface area contributed by atoms with Gasteiger partial charge >= 0.3 is 0 Å². The van der Waals surface area contributed by atoms with Crippen LogP contribution in [0.15, 0.2) is 72.8 Å². The van der Waals surface area contributed by atoms with Gasteiger partial charge in [0.05, 0.1) is 17.4 Å². The first-order chi connectivity index (χ1) is 17.7. The number of carbonyl (C=O) groups excluding carboxylic acids is 2. The normalized spacial score (nSPS) is 23.4. The molecule has 2 heterocycles. The van der Waals surface area contributed by atoms with E-state index in [-0.39, 0.29) is 30.8 Å². The summed E-state index contributed by atoms with van der Waals surface area (Å²) in [5.41, 5.74) is 3.45. The van der Waals surface area contributed by atoms with Gasteiger partial charge in [-0.1, -0.05) is 48.0 Å². The van der Waals surface area contributed by atoms with E-state index >= 15 is 0 Å². The van der Waals surface area contributed by atoms with Crippen LogP contribution >= 0.6 is 11.6 Å². The van der Waals surface area contributed by atoms with Crippen molar-refractivity contribution in [2.24, 2.45) is 0 Å². The highest BCUT2D eigenvalue weighted by Crippen LogP contribution is 2.67. The summed E-state index contributed by atoms with van der Waals surface area (Å²) < 4.78 is 25.0. The molecule has 1 saturated carbocycles. The monoisotopic (exact) mass is 535 g/mol. The van der Waals surface area contributed by atoms with Crippen LogP contribution in [-0.2, 0) is 20.2 Å². The number of nitrogens with zero attached hydrogens (tertiary/aromatic N) is 3. The molecule has 7 nitrogen and oxygen atoms in total. The van der Waals surface area contributed by atoms with Crippen molar-refractivity contribution in [1.29, 1.82) is 0 Å². The number of para-hydroxylation sites is 1. The van der Waals surface area contributed by atoms with Gasteiger partial charge in [-0.05, 0) is 53.9 Å². The summed E-state index contributed by atoms with van der Waals surface area (Å²) in [6.45, 7) is 1.20. The van der Waals surface area contributed by atoms with Gasteiger partial charge in [0, 0.05) is 48.4 Å². The lowest BCUT2D eigenvalue weighted by atomic mass is 9.92. The fraction of sp³-hybridized carbons (Fsp3) is 0.286. The molecular weight excluding hydrogens is 510 g/mol. The molecule has 1 saturated heterocycles. The minimum atomic E-state index is -3.28. The van der Waals surface area contributed by atoms with E-state index in [1.165, 1.54) is 10.6 Å². The highest BCUT2D eigenvalue weighted by Gasteiger charge is 2.67. The molecule has 3 aliphatic rings. The predicted octanol–water partition coefficient (Wildman–Crippen LogP) is 4.16. The minimum Gasteiger partial charge on any atom is -0.336 e. The number of hydrogen-bond acceptors (Lipinski definition) is 4. The number of anilines is 2. The third-order valence-corrected chi connectivity index (χ3v) is 9.34. The first kappa shape index (κ1) is 24.2. The van der Waals surface area contributed by atoms with Gasteiger partial charge in [0.1, 0.15) is 0 Å². The maximum Gasteiger partial charge on any atom is 0.254 e. The molecule has 9 heteroatoms. The molecule has 3 aromatic rings. The molecule has 6 rings (SSSR count). The Labute approximate surface area is 221 Å². The van der Waals surface area contributed by atoms with Crippen LogP contribution in [0.3, 0.4) is 0 Å². The second kappa shape index (κ2) is 8.68. The summed E-state index contributed by atoms with van der Waals surface area (Å²) >= 11 is 6.09. The maximum absolute atomic E-state index is 14.1. The molecule has 0 aromatic heterocycles. The number of benzene rings is 3. The second-order valence-electron chi connectivity index (χ2n) is 9.94. The zero-order chi connectivity index (χ0) is 25.9. The largest absolute Gasteiger partial charge is 0.336 e. The molecule has 0 N–H and O–H groups in total. The zero-order valence-electron chi connectivity index (χ0n) is 20.3. The molecule has 2 atom stereocenters. The van der Waals surface area contributed by atoms with E-state index in [2.05, 4.69) is 0 Å². The molecule has 0 bridgehead atoms. The standard InChI is InChI=1S/C28H26ClN3O4S/c1-37(35,36)31-15-13-30(14-16-31)26(33)20-5-4-6-22(17-20)32-25-8-3-2-7-23(25)28(27(32)34)18-24(28)19-9-11-21(29)12-10-19/h2-12,17,24H,13-16,18H2,1H3/t24-,28-/m1/s1. The molecule has 2 aliphatic heterocycles. The fourth-order valence-electron chi connectivity index (χ4n) is 5.80. The third kappa shape index (κ3) is 3.95. The van der Waals surface area contributed by atoms with Gasteiger partial charge < -0.3 is 4.90 Å². The molecule has 1 spiro atoms. The Morgan fingerprint density at radius 1 is 0.946 bits per heavy atom. The van der Waals surface area contributed by atoms with Crippen molar-refractivity contribution in [3.63, 3.8) is 0 Å². The Balaban J connectivity index is 1.29. The Hall–Kier alpha value is -3.20. The number of sulfonamides is 1. The van der Waals surface area contributed by atoms with E-state index in [1.54, 1.807) is 28.0 Å². The number of piperazine rings is 1. The first-order valence-electron chi connectivity index (χ1n) is 12.2. The summed E-state index contributed by atoms with van der Waals surface area (Å²) in [6.07, 6.45) is 1.91. The molecule has 2 amide bonds. The van der Waals surface area contributed by atoms with Crippen molar-refractivity contribution >= 4 is 44.8 Å². The fourth-order valence-corrected chi connectivity index (χ4v) is 6.76. The minimum absolute atomic E-state index is 0.0139. The van der Waals surface area contributed by atoms with Crippen molar-refractivity contribution in [1.82, 2.24) is 9.21 Å². The summed E-state index contributed by atoms with van der Waals surface area (Å²) in [5, 5.41) is 0.664. The van der Waals surface area contributed by atoms with Crippen molar-refractivity contribution in [2.75, 3.05) is 37.3 Å². The van der Waals surface area contributed by atoms with E-state index in [0.717, 1.165) is 23.2 Å². The van der Waals surface area contributed by atoms with E-state index in [0.29, 0.717) is 29.4 Å². The predicted molar refractivity (Wildman–Crippen MR) is 143 cm³/mol. The van der Waals surface area contributed by atoms with Gasteiger partial charge in [-0.15, -0.1) is 0 Å². The van der Waals surface area contributed by atoms with Crippen LogP contribution in [0.1, 0.15) is 33.8 Å². The number of carbonyl (C=O) groups is 2. The Morgan fingerprint density at radius 3 is 2.35 bits per heavy atom. The second-order valence-corrected chi connectivity index (χ2v) is 12.4. The smallest absolute Gasteiger partial charge is 0.254 e. The van der Waals surface area contributed by atoms with Gasteiger partial charge in [0.2, 0.25) is 15.9 Å². The molecule has 2 fully saturated rings. The van der Waals surface area contributed by atoms with Gasteiger partial charge in [-0.3, -0.25) is 14.5 Å². The summed E-state index contributed by atoms with van der Waals surface area (Å²) in [5.74, 6) is -0.0884. The van der Waals surface area contributed by atoms with Crippen LogP contribution in [0.4, 0.5) is 11.4 Å². The third-order valence-electron chi connectivity index (χ3n) is 7.79. The van der Waals surface area contributed by atoms with Crippen LogP contribution < -0.4 is 4.90 Å². The summed E-state index contributed by atoms with van der Waals surface area (Å²) in [4.78, 5) is 30.8. The Morgan fingerprint density at radius 2 is 1.65 bits per heavy atom. The molecular formula is C28H26ClN3O4S. The molecule has 190 valence electrons. The van der Waals surface area contributed by atoms with Gasteiger partial charge in [-0.2, -0.15) is 4.31 Å². The van der Waals surface area contributed by atoms with E-state index < -0.39 is 15.4 Å². The highest BCUT2D eigenvalue weighted by molar-refractivity contribution is 7.88. The SMILES string of the molecule is CS(=O)(=O)N1CCN(C(=O)c2cccc(N3C(=O)[C@]4(C[C@@H]4c4ccc(Cl)cc4)c4ccccc43)c2)CC1. The van der Waals surface area contributed by atoms with Gasteiger partial charge in [0.25, 0.3) is 5.91 Å². The van der Waals surface area contributed by atoms with E-state index in [4.69, 9.17) is 11.6 Å². The quantitative estimate of drug-likeness (QED) is 0.502. The topological polar surface area (TPSA) is 78.0 Å². The van der Waals surface area contributed by atoms with Crippen LogP contribution in [0.5, 0.6) is 0 Å². The van der Waals surface area contributed by atoms with Crippen LogP contribution in [-0.4, -0.2) is 61.9 Å². The number of hydrogen-bond donors (Lipinski definition) is 0. The van der Waals surface area contributed by atoms with Crippen LogP contribution in [0.2, 0.25) is 5.02 Å². The first-order valence-corrected chi connectivity index (χ1v) is 14.5. The van der Waals surface area contributed by atoms with Crippen LogP contribution in [0.25, 0.3) is 0 Å². The van der Waals surface area contributed by atoms with E-state index in [1.807, 2.05) is 54.6 Å². The van der Waals surface area contributed by atoms with Crippen molar-refractivity contribution in [3.05, 3.63) is 94.5 Å². The molecule has 1 aliphatic carbocycles. The number of halogens is 1. The summed E-state index contributed by atoms with van der Waals surface area (Å²) in [7, 11) is -3.28. The van der Waals surface area contributed by atoms with E-state index in [9.17, 15) is 18.0 Å². The number of fused-ring (bicyclic) bond motifs is 2. The van der Waals surface area contributed by atoms with Gasteiger partial charge in [0.15, 0.2) is 0 Å². The Bertz CT molecular complexity index is 1520. The van der Waals surface area contributed by atoms with Crippen LogP contribution in [0, 0.1) is 0 Å². The van der Waals surface area contributed by atoms with Crippen molar-refractivity contribution in [2.45, 2.75) is 17.8 Å². The van der Waals surface area contributed by atoms with Gasteiger partial charge in [-0.25, -0.2) is 8.42 Å². The molecule has 3 aromatic carbocycles. The average Bonchev–Trinajstić information content (AvgIpc) is 3.60.